The Balaban J connectivity index is 1.43. The molecule has 4 rings (SSSR count). The predicted octanol–water partition coefficient (Wildman–Crippen LogP) is 4.94. The van der Waals surface area contributed by atoms with Crippen molar-refractivity contribution in [3.63, 3.8) is 0 Å². The number of nitrogens with one attached hydrogen (secondary N) is 1. The molecule has 0 radical (unpaired) electrons. The molecule has 0 spiro atoms. The van der Waals surface area contributed by atoms with E-state index in [1.165, 1.54) is 0 Å². The van der Waals surface area contributed by atoms with E-state index in [2.05, 4.69) is 10.3 Å². The minimum absolute atomic E-state index is 0.117. The summed E-state index contributed by atoms with van der Waals surface area (Å²) in [5.41, 5.74) is 3.53. The fourth-order valence-electron chi connectivity index (χ4n) is 3.25. The molecule has 0 unspecified atom stereocenters. The van der Waals surface area contributed by atoms with E-state index in [1.54, 1.807) is 12.5 Å². The number of para-hydroxylation sites is 1. The summed E-state index contributed by atoms with van der Waals surface area (Å²) >= 11 is 0. The molecule has 0 saturated carbocycles. The predicted molar refractivity (Wildman–Crippen MR) is 117 cm³/mol. The van der Waals surface area contributed by atoms with Crippen molar-refractivity contribution in [3.05, 3.63) is 114 Å². The van der Waals surface area contributed by atoms with E-state index in [1.807, 2.05) is 96.6 Å². The molecule has 5 heteroatoms. The molecule has 0 aliphatic rings. The number of carbonyl (C=O) groups excluding carboxylic acids is 1. The second-order valence-corrected chi connectivity index (χ2v) is 7.02. The van der Waals surface area contributed by atoms with E-state index in [-0.39, 0.29) is 11.9 Å². The molecule has 1 heterocycles. The first-order chi connectivity index (χ1) is 14.7. The van der Waals surface area contributed by atoms with Gasteiger partial charge in [0.2, 0.25) is 0 Å². The molecule has 5 nitrogen and oxygen atoms in total. The van der Waals surface area contributed by atoms with Crippen molar-refractivity contribution in [2.45, 2.75) is 19.6 Å². The van der Waals surface area contributed by atoms with Crippen LogP contribution in [0.5, 0.6) is 5.75 Å². The maximum atomic E-state index is 12.9. The largest absolute Gasteiger partial charge is 0.489 e. The van der Waals surface area contributed by atoms with Crippen LogP contribution in [0.4, 0.5) is 0 Å². The quantitative estimate of drug-likeness (QED) is 0.480. The SMILES string of the molecule is C[C@H](NC(=O)c1ccccc1COc1ccccc1)c1ccc(-n2ccnc2)cc1. The number of nitrogens with zero attached hydrogens (tertiary/aromatic N) is 2. The average molecular weight is 397 g/mol. The third-order valence-electron chi connectivity index (χ3n) is 4.94. The lowest BCUT2D eigenvalue weighted by Crippen LogP contribution is -2.27. The zero-order valence-electron chi connectivity index (χ0n) is 16.7. The van der Waals surface area contributed by atoms with Gasteiger partial charge in [-0.2, -0.15) is 0 Å². The zero-order chi connectivity index (χ0) is 20.8. The second-order valence-electron chi connectivity index (χ2n) is 7.02. The van der Waals surface area contributed by atoms with E-state index in [9.17, 15) is 4.79 Å². The van der Waals surface area contributed by atoms with Gasteiger partial charge in [-0.3, -0.25) is 4.79 Å². The Kier molecular flexibility index (Phi) is 5.90. The van der Waals surface area contributed by atoms with Gasteiger partial charge in [-0.15, -0.1) is 0 Å². The second kappa shape index (κ2) is 9.09. The van der Waals surface area contributed by atoms with Crippen LogP contribution in [-0.4, -0.2) is 15.5 Å². The molecule has 0 aliphatic carbocycles. The third kappa shape index (κ3) is 4.58. The van der Waals surface area contributed by atoms with Crippen LogP contribution in [0, 0.1) is 0 Å². The summed E-state index contributed by atoms with van der Waals surface area (Å²) in [5, 5.41) is 3.09. The number of hydrogen-bond acceptors (Lipinski definition) is 3. The zero-order valence-corrected chi connectivity index (χ0v) is 16.7. The van der Waals surface area contributed by atoms with Gasteiger partial charge in [-0.05, 0) is 42.8 Å². The number of benzene rings is 3. The molecule has 0 bridgehead atoms. The Morgan fingerprint density at radius 1 is 1.00 bits per heavy atom. The lowest BCUT2D eigenvalue weighted by atomic mass is 10.0. The summed E-state index contributed by atoms with van der Waals surface area (Å²) in [5.74, 6) is 0.660. The molecule has 0 aliphatic heterocycles. The highest BCUT2D eigenvalue weighted by Crippen LogP contribution is 2.18. The molecule has 30 heavy (non-hydrogen) atoms. The number of aromatic nitrogens is 2. The first-order valence-electron chi connectivity index (χ1n) is 9.85. The number of hydrogen-bond donors (Lipinski definition) is 1. The summed E-state index contributed by atoms with van der Waals surface area (Å²) in [6, 6.07) is 25.1. The summed E-state index contributed by atoms with van der Waals surface area (Å²) in [4.78, 5) is 17.0. The normalized spacial score (nSPS) is 11.6. The van der Waals surface area contributed by atoms with E-state index in [4.69, 9.17) is 4.74 Å². The number of rotatable bonds is 7. The van der Waals surface area contributed by atoms with Gasteiger partial charge in [0.1, 0.15) is 12.4 Å². The van der Waals surface area contributed by atoms with Crippen LogP contribution in [0.3, 0.4) is 0 Å². The number of ether oxygens (including phenoxy) is 1. The lowest BCUT2D eigenvalue weighted by molar-refractivity contribution is 0.0937. The maximum absolute atomic E-state index is 12.9. The van der Waals surface area contributed by atoms with Crippen LogP contribution in [0.2, 0.25) is 0 Å². The Morgan fingerprint density at radius 2 is 1.73 bits per heavy atom. The Bertz CT molecular complexity index is 1090. The van der Waals surface area contributed by atoms with Crippen LogP contribution in [0.25, 0.3) is 5.69 Å². The van der Waals surface area contributed by atoms with Crippen molar-refractivity contribution in [3.8, 4) is 11.4 Å². The molecule has 0 fully saturated rings. The van der Waals surface area contributed by atoms with Crippen molar-refractivity contribution in [1.29, 1.82) is 0 Å². The van der Waals surface area contributed by atoms with Crippen LogP contribution in [0.15, 0.2) is 97.6 Å². The molecule has 0 saturated heterocycles. The van der Waals surface area contributed by atoms with Crippen LogP contribution < -0.4 is 10.1 Å². The van der Waals surface area contributed by atoms with Gasteiger partial charge in [0.25, 0.3) is 5.91 Å². The summed E-state index contributed by atoms with van der Waals surface area (Å²) in [6.45, 7) is 2.31. The van der Waals surface area contributed by atoms with Crippen LogP contribution in [0.1, 0.15) is 34.5 Å². The highest BCUT2D eigenvalue weighted by molar-refractivity contribution is 5.95. The van der Waals surface area contributed by atoms with Gasteiger partial charge in [0.05, 0.1) is 12.4 Å². The topological polar surface area (TPSA) is 56.1 Å². The first-order valence-corrected chi connectivity index (χ1v) is 9.85. The maximum Gasteiger partial charge on any atom is 0.252 e. The molecule has 1 atom stereocenters. The number of carbonyl (C=O) groups is 1. The Morgan fingerprint density at radius 3 is 2.47 bits per heavy atom. The van der Waals surface area contributed by atoms with Gasteiger partial charge in [-0.25, -0.2) is 4.98 Å². The van der Waals surface area contributed by atoms with E-state index >= 15 is 0 Å². The molecular weight excluding hydrogens is 374 g/mol. The van der Waals surface area contributed by atoms with E-state index in [0.29, 0.717) is 12.2 Å². The van der Waals surface area contributed by atoms with Gasteiger partial charge in [-0.1, -0.05) is 48.5 Å². The molecule has 3 aromatic carbocycles. The highest BCUT2D eigenvalue weighted by Gasteiger charge is 2.15. The fraction of sp³-hybridized carbons (Fsp3) is 0.120. The van der Waals surface area contributed by atoms with Crippen molar-refractivity contribution in [2.75, 3.05) is 0 Å². The number of amides is 1. The van der Waals surface area contributed by atoms with Crippen molar-refractivity contribution in [2.24, 2.45) is 0 Å². The van der Waals surface area contributed by atoms with E-state index in [0.717, 1.165) is 22.6 Å². The minimum Gasteiger partial charge on any atom is -0.489 e. The van der Waals surface area contributed by atoms with Crippen molar-refractivity contribution in [1.82, 2.24) is 14.9 Å². The van der Waals surface area contributed by atoms with Gasteiger partial charge >= 0.3 is 0 Å². The fourth-order valence-corrected chi connectivity index (χ4v) is 3.25. The highest BCUT2D eigenvalue weighted by atomic mass is 16.5. The van der Waals surface area contributed by atoms with Crippen molar-refractivity contribution >= 4 is 5.91 Å². The lowest BCUT2D eigenvalue weighted by Gasteiger charge is -2.17. The van der Waals surface area contributed by atoms with Gasteiger partial charge in [0.15, 0.2) is 0 Å². The van der Waals surface area contributed by atoms with Crippen molar-refractivity contribution < 1.29 is 9.53 Å². The molecule has 1 amide bonds. The monoisotopic (exact) mass is 397 g/mol. The molecule has 4 aromatic rings. The Labute approximate surface area is 176 Å². The van der Waals surface area contributed by atoms with Crippen LogP contribution >= 0.6 is 0 Å². The standard InChI is InChI=1S/C25H23N3O2/c1-19(20-11-13-22(14-12-20)28-16-15-26-18-28)27-25(29)24-10-6-5-7-21(24)17-30-23-8-3-2-4-9-23/h2-16,18-19H,17H2,1H3,(H,27,29)/t19-/m0/s1. The van der Waals surface area contributed by atoms with Crippen LogP contribution in [-0.2, 0) is 6.61 Å². The average Bonchev–Trinajstić information content (AvgIpc) is 3.34. The molecule has 1 aromatic heterocycles. The molecule has 150 valence electrons. The molecule has 1 N–H and O–H groups in total. The molecular formula is C25H23N3O2. The smallest absolute Gasteiger partial charge is 0.252 e. The Hall–Kier alpha value is -3.86. The van der Waals surface area contributed by atoms with E-state index < -0.39 is 0 Å². The summed E-state index contributed by atoms with van der Waals surface area (Å²) < 4.78 is 7.77. The summed E-state index contributed by atoms with van der Waals surface area (Å²) in [7, 11) is 0. The summed E-state index contributed by atoms with van der Waals surface area (Å²) in [6.07, 6.45) is 5.40. The number of imidazole rings is 1. The first kappa shape index (κ1) is 19.5. The third-order valence-corrected chi connectivity index (χ3v) is 4.94. The van der Waals surface area contributed by atoms with Gasteiger partial charge < -0.3 is 14.6 Å². The van der Waals surface area contributed by atoms with Gasteiger partial charge in [0, 0.05) is 29.2 Å². The minimum atomic E-state index is -0.127.